The standard InChI is InChI=1S/C22H18N4O3S/c27-21(14-4-5-14)25-19-12-26-11-18(6-7-20(26)24-19)29-17-3-1-2-16(10-17)23-22(28)15-8-9-30-13-15/h1-3,6-14H,4-5H2,(H,23,28)(H,25,27). The van der Waals surface area contributed by atoms with E-state index in [4.69, 9.17) is 4.74 Å². The third kappa shape index (κ3) is 4.04. The smallest absolute Gasteiger partial charge is 0.256 e. The number of benzene rings is 1. The van der Waals surface area contributed by atoms with E-state index in [1.807, 2.05) is 35.7 Å². The number of imidazole rings is 1. The second-order valence-corrected chi connectivity index (χ2v) is 7.90. The molecule has 2 N–H and O–H groups in total. The molecule has 3 heterocycles. The Hall–Kier alpha value is -3.65. The SMILES string of the molecule is O=C(Nc1cccc(Oc2ccc3nc(NC(=O)C4CC4)cn3c2)c1)c1ccsc1. The number of carbonyl (C=O) groups excluding carboxylic acids is 2. The van der Waals surface area contributed by atoms with Crippen LogP contribution < -0.4 is 15.4 Å². The summed E-state index contributed by atoms with van der Waals surface area (Å²) in [6, 6.07) is 12.6. The van der Waals surface area contributed by atoms with Gasteiger partial charge in [0.2, 0.25) is 5.91 Å². The fourth-order valence-electron chi connectivity index (χ4n) is 3.04. The van der Waals surface area contributed by atoms with Gasteiger partial charge in [0.1, 0.15) is 17.1 Å². The van der Waals surface area contributed by atoms with Crippen molar-refractivity contribution in [1.29, 1.82) is 0 Å². The number of ether oxygens (including phenoxy) is 1. The zero-order valence-corrected chi connectivity index (χ0v) is 16.7. The topological polar surface area (TPSA) is 84.7 Å². The maximum absolute atomic E-state index is 12.2. The lowest BCUT2D eigenvalue weighted by molar-refractivity contribution is -0.117. The van der Waals surface area contributed by atoms with Gasteiger partial charge in [-0.3, -0.25) is 9.59 Å². The lowest BCUT2D eigenvalue weighted by atomic mass is 10.2. The van der Waals surface area contributed by atoms with Crippen molar-refractivity contribution in [3.8, 4) is 11.5 Å². The lowest BCUT2D eigenvalue weighted by Crippen LogP contribution is -2.13. The van der Waals surface area contributed by atoms with E-state index in [0.717, 1.165) is 12.8 Å². The molecular formula is C22H18N4O3S. The van der Waals surface area contributed by atoms with Crippen molar-refractivity contribution in [2.45, 2.75) is 12.8 Å². The molecule has 30 heavy (non-hydrogen) atoms. The zero-order chi connectivity index (χ0) is 20.5. The monoisotopic (exact) mass is 418 g/mol. The summed E-state index contributed by atoms with van der Waals surface area (Å²) in [6.07, 6.45) is 5.46. The molecule has 0 bridgehead atoms. The Kier molecular flexibility index (Phi) is 4.68. The van der Waals surface area contributed by atoms with Gasteiger partial charge in [-0.2, -0.15) is 11.3 Å². The van der Waals surface area contributed by atoms with E-state index in [0.29, 0.717) is 34.2 Å². The van der Waals surface area contributed by atoms with Gasteiger partial charge in [0.25, 0.3) is 5.91 Å². The number of hydrogen-bond acceptors (Lipinski definition) is 5. The number of rotatable bonds is 6. The number of thiophene rings is 1. The van der Waals surface area contributed by atoms with E-state index >= 15 is 0 Å². The van der Waals surface area contributed by atoms with Crippen molar-refractivity contribution in [1.82, 2.24) is 9.38 Å². The minimum Gasteiger partial charge on any atom is -0.456 e. The minimum absolute atomic E-state index is 0.0243. The highest BCUT2D eigenvalue weighted by atomic mass is 32.1. The van der Waals surface area contributed by atoms with Crippen LogP contribution in [0.5, 0.6) is 11.5 Å². The van der Waals surface area contributed by atoms with Gasteiger partial charge in [-0.25, -0.2) is 4.98 Å². The van der Waals surface area contributed by atoms with Crippen LogP contribution in [0.25, 0.3) is 5.65 Å². The molecule has 4 aromatic rings. The molecule has 1 saturated carbocycles. The Morgan fingerprint density at radius 3 is 2.77 bits per heavy atom. The Bertz CT molecular complexity index is 1230. The fourth-order valence-corrected chi connectivity index (χ4v) is 3.67. The lowest BCUT2D eigenvalue weighted by Gasteiger charge is -2.09. The quantitative estimate of drug-likeness (QED) is 0.472. The highest BCUT2D eigenvalue weighted by molar-refractivity contribution is 7.08. The van der Waals surface area contributed by atoms with Gasteiger partial charge in [0.05, 0.1) is 18.0 Å². The summed E-state index contributed by atoms with van der Waals surface area (Å²) in [5.41, 5.74) is 1.99. The van der Waals surface area contributed by atoms with Crippen LogP contribution in [0, 0.1) is 5.92 Å². The van der Waals surface area contributed by atoms with Gasteiger partial charge in [-0.15, -0.1) is 0 Å². The molecule has 1 aliphatic rings. The van der Waals surface area contributed by atoms with Gasteiger partial charge in [0.15, 0.2) is 5.82 Å². The van der Waals surface area contributed by atoms with Gasteiger partial charge in [-0.05, 0) is 48.6 Å². The van der Waals surface area contributed by atoms with Crippen LogP contribution in [0.15, 0.2) is 65.6 Å². The van der Waals surface area contributed by atoms with Crippen LogP contribution in [0.2, 0.25) is 0 Å². The number of amides is 2. The summed E-state index contributed by atoms with van der Waals surface area (Å²) in [4.78, 5) is 28.6. The summed E-state index contributed by atoms with van der Waals surface area (Å²) in [5.74, 6) is 1.73. The molecule has 2 amide bonds. The van der Waals surface area contributed by atoms with Crippen LogP contribution >= 0.6 is 11.3 Å². The Balaban J connectivity index is 1.30. The van der Waals surface area contributed by atoms with Crippen molar-refractivity contribution in [2.75, 3.05) is 10.6 Å². The minimum atomic E-state index is -0.158. The summed E-state index contributed by atoms with van der Waals surface area (Å²) >= 11 is 1.48. The predicted octanol–water partition coefficient (Wildman–Crippen LogP) is 4.79. The Morgan fingerprint density at radius 1 is 1.07 bits per heavy atom. The van der Waals surface area contributed by atoms with Crippen molar-refractivity contribution >= 4 is 40.3 Å². The number of nitrogens with zero attached hydrogens (tertiary/aromatic N) is 2. The van der Waals surface area contributed by atoms with Crippen molar-refractivity contribution in [3.05, 3.63) is 71.2 Å². The largest absolute Gasteiger partial charge is 0.456 e. The summed E-state index contributed by atoms with van der Waals surface area (Å²) < 4.78 is 7.76. The molecule has 0 atom stereocenters. The van der Waals surface area contributed by atoms with Crippen LogP contribution in [0.3, 0.4) is 0 Å². The van der Waals surface area contributed by atoms with E-state index in [1.165, 1.54) is 11.3 Å². The van der Waals surface area contributed by atoms with Gasteiger partial charge in [-0.1, -0.05) is 6.07 Å². The first-order valence-corrected chi connectivity index (χ1v) is 10.5. The molecule has 7 nitrogen and oxygen atoms in total. The summed E-state index contributed by atoms with van der Waals surface area (Å²) in [5, 5.41) is 9.38. The number of carbonyl (C=O) groups is 2. The molecule has 150 valence electrons. The molecule has 8 heteroatoms. The normalized spacial score (nSPS) is 13.2. The van der Waals surface area contributed by atoms with Crippen LogP contribution in [0.1, 0.15) is 23.2 Å². The first-order chi connectivity index (χ1) is 14.6. The fraction of sp³-hybridized carbons (Fsp3) is 0.136. The van der Waals surface area contributed by atoms with Crippen molar-refractivity contribution in [2.24, 2.45) is 5.92 Å². The highest BCUT2D eigenvalue weighted by Crippen LogP contribution is 2.30. The Morgan fingerprint density at radius 2 is 1.97 bits per heavy atom. The van der Waals surface area contributed by atoms with Crippen molar-refractivity contribution < 1.29 is 14.3 Å². The maximum Gasteiger partial charge on any atom is 0.256 e. The number of nitrogens with one attached hydrogen (secondary N) is 2. The van der Waals surface area contributed by atoms with Gasteiger partial charge < -0.3 is 19.8 Å². The van der Waals surface area contributed by atoms with E-state index in [2.05, 4.69) is 15.6 Å². The average molecular weight is 418 g/mol. The van der Waals surface area contributed by atoms with E-state index in [-0.39, 0.29) is 17.7 Å². The van der Waals surface area contributed by atoms with Gasteiger partial charge in [0, 0.05) is 23.1 Å². The summed E-state index contributed by atoms with van der Waals surface area (Å²) in [7, 11) is 0. The molecule has 0 aliphatic heterocycles. The molecule has 0 spiro atoms. The number of pyridine rings is 1. The van der Waals surface area contributed by atoms with E-state index < -0.39 is 0 Å². The molecule has 0 radical (unpaired) electrons. The average Bonchev–Trinajstić information content (AvgIpc) is 3.29. The second-order valence-electron chi connectivity index (χ2n) is 7.12. The molecule has 1 fully saturated rings. The number of hydrogen-bond donors (Lipinski definition) is 2. The first-order valence-electron chi connectivity index (χ1n) is 9.55. The molecule has 0 unspecified atom stereocenters. The number of anilines is 2. The highest BCUT2D eigenvalue weighted by Gasteiger charge is 2.30. The number of aromatic nitrogens is 2. The zero-order valence-electron chi connectivity index (χ0n) is 15.9. The van der Waals surface area contributed by atoms with E-state index in [1.54, 1.807) is 34.3 Å². The van der Waals surface area contributed by atoms with Crippen LogP contribution in [0.4, 0.5) is 11.5 Å². The summed E-state index contributed by atoms with van der Waals surface area (Å²) in [6.45, 7) is 0. The van der Waals surface area contributed by atoms with Crippen molar-refractivity contribution in [3.63, 3.8) is 0 Å². The molecular weight excluding hydrogens is 400 g/mol. The van der Waals surface area contributed by atoms with Gasteiger partial charge >= 0.3 is 0 Å². The number of fused-ring (bicyclic) bond motifs is 1. The molecule has 0 saturated heterocycles. The molecule has 1 aliphatic carbocycles. The van der Waals surface area contributed by atoms with Crippen LogP contribution in [-0.4, -0.2) is 21.2 Å². The third-order valence-corrected chi connectivity index (χ3v) is 5.42. The second kappa shape index (κ2) is 7.64. The molecule has 5 rings (SSSR count). The predicted molar refractivity (Wildman–Crippen MR) is 115 cm³/mol. The maximum atomic E-state index is 12.2. The molecule has 1 aromatic carbocycles. The third-order valence-electron chi connectivity index (χ3n) is 4.73. The first kappa shape index (κ1) is 18.4. The Labute approximate surface area is 176 Å². The molecule has 3 aromatic heterocycles. The van der Waals surface area contributed by atoms with Crippen LogP contribution in [-0.2, 0) is 4.79 Å². The van der Waals surface area contributed by atoms with E-state index in [9.17, 15) is 9.59 Å².